The van der Waals surface area contributed by atoms with Crippen molar-refractivity contribution in [1.29, 1.82) is 0 Å². The zero-order valence-corrected chi connectivity index (χ0v) is 7.97. The van der Waals surface area contributed by atoms with E-state index in [0.29, 0.717) is 5.70 Å². The maximum Gasteiger partial charge on any atom is 0.325 e. The summed E-state index contributed by atoms with van der Waals surface area (Å²) >= 11 is 0.993. The summed E-state index contributed by atoms with van der Waals surface area (Å²) in [5.41, 5.74) is 0.0617. The zero-order chi connectivity index (χ0) is 10.0. The lowest BCUT2D eigenvalue weighted by Gasteiger charge is -2.09. The molecule has 0 aliphatic carbocycles. The lowest BCUT2D eigenvalue weighted by molar-refractivity contribution is -0.411. The van der Waals surface area contributed by atoms with Crippen molar-refractivity contribution in [1.82, 2.24) is 10.6 Å². The topological polar surface area (TPSA) is 84.3 Å². The number of nitro groups is 1. The van der Waals surface area contributed by atoms with E-state index in [-0.39, 0.29) is 10.9 Å². The third-order valence-corrected chi connectivity index (χ3v) is 2.55. The fourth-order valence-corrected chi connectivity index (χ4v) is 1.92. The predicted molar refractivity (Wildman–Crippen MR) is 48.0 cm³/mol. The second kappa shape index (κ2) is 3.65. The van der Waals surface area contributed by atoms with Gasteiger partial charge in [0.05, 0.1) is 10.6 Å². The van der Waals surface area contributed by atoms with Gasteiger partial charge in [-0.05, 0) is 18.7 Å². The molecule has 6 nitrogen and oxygen atoms in total. The molecule has 1 aliphatic heterocycles. The van der Waals surface area contributed by atoms with Crippen LogP contribution in [0.1, 0.15) is 13.8 Å². The predicted octanol–water partition coefficient (Wildman–Crippen LogP) is 0.208. The van der Waals surface area contributed by atoms with Crippen molar-refractivity contribution < 1.29 is 9.72 Å². The van der Waals surface area contributed by atoms with Crippen molar-refractivity contribution in [2.24, 2.45) is 0 Å². The average Bonchev–Trinajstić information content (AvgIpc) is 2.29. The van der Waals surface area contributed by atoms with E-state index in [1.165, 1.54) is 6.92 Å². The molecule has 1 aliphatic rings. The lowest BCUT2D eigenvalue weighted by Crippen LogP contribution is -2.38. The van der Waals surface area contributed by atoms with Crippen molar-refractivity contribution >= 4 is 17.7 Å². The number of rotatable bonds is 2. The molecule has 0 saturated heterocycles. The molecule has 1 rings (SSSR count). The van der Waals surface area contributed by atoms with Crippen molar-refractivity contribution in [3.63, 3.8) is 0 Å². The Labute approximate surface area is 78.9 Å². The maximum absolute atomic E-state index is 10.6. The molecule has 2 N–H and O–H groups in total. The van der Waals surface area contributed by atoms with E-state index in [1.807, 2.05) is 0 Å². The van der Waals surface area contributed by atoms with Gasteiger partial charge in [0.15, 0.2) is 5.50 Å². The van der Waals surface area contributed by atoms with Crippen LogP contribution in [0.3, 0.4) is 0 Å². The van der Waals surface area contributed by atoms with E-state index >= 15 is 0 Å². The smallest absolute Gasteiger partial charge is 0.325 e. The van der Waals surface area contributed by atoms with Crippen molar-refractivity contribution in [2.75, 3.05) is 0 Å². The second-order valence-corrected chi connectivity index (χ2v) is 3.62. The van der Waals surface area contributed by atoms with Gasteiger partial charge < -0.3 is 10.6 Å². The second-order valence-electron chi connectivity index (χ2n) is 2.53. The number of nitrogens with zero attached hydrogens (tertiary/aromatic N) is 1. The Hall–Kier alpha value is -1.24. The van der Waals surface area contributed by atoms with Crippen molar-refractivity contribution in [3.05, 3.63) is 20.8 Å². The summed E-state index contributed by atoms with van der Waals surface area (Å²) in [5, 5.41) is 15.8. The van der Waals surface area contributed by atoms with Gasteiger partial charge in [-0.1, -0.05) is 0 Å². The molecule has 0 bridgehead atoms. The van der Waals surface area contributed by atoms with Crippen LogP contribution in [0, 0.1) is 10.1 Å². The van der Waals surface area contributed by atoms with E-state index in [9.17, 15) is 14.9 Å². The zero-order valence-electron chi connectivity index (χ0n) is 7.16. The van der Waals surface area contributed by atoms with E-state index < -0.39 is 10.4 Å². The fourth-order valence-electron chi connectivity index (χ4n) is 0.918. The van der Waals surface area contributed by atoms with Crippen molar-refractivity contribution in [2.45, 2.75) is 19.3 Å². The molecule has 72 valence electrons. The molecule has 1 atom stereocenters. The molecule has 0 spiro atoms. The van der Waals surface area contributed by atoms with Gasteiger partial charge in [0.1, 0.15) is 0 Å². The van der Waals surface area contributed by atoms with Gasteiger partial charge in [-0.15, -0.1) is 0 Å². The molecular weight excluding hydrogens is 194 g/mol. The third kappa shape index (κ3) is 2.35. The summed E-state index contributed by atoms with van der Waals surface area (Å²) in [5.74, 6) is -0.220. The highest BCUT2D eigenvalue weighted by molar-refractivity contribution is 8.03. The Kier molecular flexibility index (Phi) is 2.76. The van der Waals surface area contributed by atoms with Gasteiger partial charge in [-0.3, -0.25) is 14.9 Å². The summed E-state index contributed by atoms with van der Waals surface area (Å²) in [7, 11) is 0. The Balaban J connectivity index is 2.59. The van der Waals surface area contributed by atoms with E-state index in [4.69, 9.17) is 0 Å². The summed E-state index contributed by atoms with van der Waals surface area (Å²) in [4.78, 5) is 20.6. The Morgan fingerprint density at radius 1 is 1.77 bits per heavy atom. The minimum Gasteiger partial charge on any atom is -0.354 e. The molecular formula is C6H9N3O3S. The van der Waals surface area contributed by atoms with Crippen LogP contribution >= 0.6 is 11.8 Å². The highest BCUT2D eigenvalue weighted by Crippen LogP contribution is 2.28. The van der Waals surface area contributed by atoms with E-state index in [2.05, 4.69) is 10.6 Å². The lowest BCUT2D eigenvalue weighted by atomic mass is 10.5. The summed E-state index contributed by atoms with van der Waals surface area (Å²) in [6, 6.07) is 0. The summed E-state index contributed by atoms with van der Waals surface area (Å²) in [6.07, 6.45) is 0. The average molecular weight is 203 g/mol. The van der Waals surface area contributed by atoms with Crippen LogP contribution in [-0.4, -0.2) is 16.3 Å². The van der Waals surface area contributed by atoms with E-state index in [1.54, 1.807) is 6.92 Å². The number of thioether (sulfide) groups is 1. The first-order valence-electron chi connectivity index (χ1n) is 3.56. The van der Waals surface area contributed by atoms with Gasteiger partial charge in [-0.25, -0.2) is 0 Å². The first-order chi connectivity index (χ1) is 6.00. The first kappa shape index (κ1) is 9.85. The Morgan fingerprint density at radius 3 is 2.77 bits per heavy atom. The highest BCUT2D eigenvalue weighted by atomic mass is 32.2. The molecule has 0 aromatic rings. The van der Waals surface area contributed by atoms with Gasteiger partial charge in [0.2, 0.25) is 5.91 Å². The highest BCUT2D eigenvalue weighted by Gasteiger charge is 2.30. The number of hydrogen-bond donors (Lipinski definition) is 2. The van der Waals surface area contributed by atoms with Gasteiger partial charge in [0.25, 0.3) is 0 Å². The van der Waals surface area contributed by atoms with Crippen LogP contribution in [0.5, 0.6) is 0 Å². The summed E-state index contributed by atoms with van der Waals surface area (Å²) in [6.45, 7) is 2.97. The molecule has 0 fully saturated rings. The van der Waals surface area contributed by atoms with Gasteiger partial charge >= 0.3 is 5.03 Å². The molecule has 0 aromatic heterocycles. The quantitative estimate of drug-likeness (QED) is 0.495. The van der Waals surface area contributed by atoms with Crippen LogP contribution in [0.25, 0.3) is 0 Å². The standard InChI is InChI=1S/C6H9N3O3S/c1-3-5(9(11)12)13-6(7-3)8-4(2)10/h6-7H,1-2H3,(H,8,10). The number of carbonyl (C=O) groups excluding carboxylic acids is 1. The molecule has 7 heteroatoms. The van der Waals surface area contributed by atoms with Crippen molar-refractivity contribution in [3.8, 4) is 0 Å². The number of nitrogens with one attached hydrogen (secondary N) is 2. The number of allylic oxidation sites excluding steroid dienone is 1. The fraction of sp³-hybridized carbons (Fsp3) is 0.500. The van der Waals surface area contributed by atoms with E-state index in [0.717, 1.165) is 11.8 Å². The minimum absolute atomic E-state index is 0.0544. The largest absolute Gasteiger partial charge is 0.354 e. The van der Waals surface area contributed by atoms with Crippen LogP contribution in [-0.2, 0) is 4.79 Å². The summed E-state index contributed by atoms with van der Waals surface area (Å²) < 4.78 is 0. The molecule has 1 unspecified atom stereocenters. The maximum atomic E-state index is 10.6. The SMILES string of the molecule is CC(=O)NC1NC(C)=C([N+](=O)[O-])S1. The Morgan fingerprint density at radius 2 is 2.38 bits per heavy atom. The molecule has 1 heterocycles. The number of hydrogen-bond acceptors (Lipinski definition) is 5. The molecule has 0 radical (unpaired) electrons. The van der Waals surface area contributed by atoms with Crippen LogP contribution in [0.15, 0.2) is 10.7 Å². The number of amides is 1. The molecule has 13 heavy (non-hydrogen) atoms. The molecule has 1 amide bonds. The van der Waals surface area contributed by atoms with Crippen LogP contribution in [0.2, 0.25) is 0 Å². The molecule has 0 saturated carbocycles. The van der Waals surface area contributed by atoms with Gasteiger partial charge in [0, 0.05) is 6.92 Å². The normalized spacial score (nSPS) is 21.2. The number of carbonyl (C=O) groups is 1. The molecule has 0 aromatic carbocycles. The first-order valence-corrected chi connectivity index (χ1v) is 4.44. The van der Waals surface area contributed by atoms with Gasteiger partial charge in [-0.2, -0.15) is 0 Å². The monoisotopic (exact) mass is 203 g/mol. The minimum atomic E-state index is -0.463. The third-order valence-electron chi connectivity index (χ3n) is 1.40. The Bertz CT molecular complexity index is 289. The van der Waals surface area contributed by atoms with Crippen LogP contribution in [0.4, 0.5) is 0 Å². The van der Waals surface area contributed by atoms with Crippen LogP contribution < -0.4 is 10.6 Å².